The molecule has 1 aromatic heterocycles. The van der Waals surface area contributed by atoms with E-state index in [1.165, 1.54) is 0 Å². The van der Waals surface area contributed by atoms with Crippen LogP contribution in [0.1, 0.15) is 29.7 Å². The third kappa shape index (κ3) is 2.33. The van der Waals surface area contributed by atoms with Gasteiger partial charge in [-0.05, 0) is 30.9 Å². The molecule has 0 saturated carbocycles. The van der Waals surface area contributed by atoms with Crippen LogP contribution < -0.4 is 0 Å². The van der Waals surface area contributed by atoms with Crippen molar-refractivity contribution in [3.05, 3.63) is 23.8 Å². The Kier molecular flexibility index (Phi) is 3.86. The first-order valence-corrected chi connectivity index (χ1v) is 7.14. The van der Waals surface area contributed by atoms with Crippen molar-refractivity contribution in [2.75, 3.05) is 12.0 Å². The average Bonchev–Trinajstić information content (AvgIpc) is 2.78. The number of aromatic carboxylic acids is 1. The van der Waals surface area contributed by atoms with Crippen LogP contribution in [0.3, 0.4) is 0 Å². The summed E-state index contributed by atoms with van der Waals surface area (Å²) in [5.74, 6) is 0.00858. The SMILES string of the molecule is CCC(CSC)n1nnc2ccc(C(=O)O)cc21. The van der Waals surface area contributed by atoms with Crippen molar-refractivity contribution in [3.63, 3.8) is 0 Å². The molecular weight excluding hydrogens is 250 g/mol. The van der Waals surface area contributed by atoms with Crippen LogP contribution in [-0.2, 0) is 0 Å². The molecule has 1 unspecified atom stereocenters. The minimum Gasteiger partial charge on any atom is -0.478 e. The summed E-state index contributed by atoms with van der Waals surface area (Å²) in [5.41, 5.74) is 1.79. The van der Waals surface area contributed by atoms with Gasteiger partial charge in [-0.2, -0.15) is 11.8 Å². The lowest BCUT2D eigenvalue weighted by atomic mass is 10.2. The number of rotatable bonds is 5. The molecule has 1 atom stereocenters. The highest BCUT2D eigenvalue weighted by atomic mass is 32.2. The van der Waals surface area contributed by atoms with Crippen molar-refractivity contribution in [3.8, 4) is 0 Å². The molecule has 0 spiro atoms. The highest BCUT2D eigenvalue weighted by molar-refractivity contribution is 7.98. The molecule has 2 aromatic rings. The van der Waals surface area contributed by atoms with Gasteiger partial charge in [-0.25, -0.2) is 9.48 Å². The zero-order valence-electron chi connectivity index (χ0n) is 10.3. The molecule has 1 heterocycles. The van der Waals surface area contributed by atoms with Crippen molar-refractivity contribution >= 4 is 28.8 Å². The minimum absolute atomic E-state index is 0.244. The van der Waals surface area contributed by atoms with Crippen molar-refractivity contribution < 1.29 is 9.90 Å². The zero-order chi connectivity index (χ0) is 13.1. The molecule has 0 aliphatic rings. The zero-order valence-corrected chi connectivity index (χ0v) is 11.1. The van der Waals surface area contributed by atoms with Crippen LogP contribution >= 0.6 is 11.8 Å². The Morgan fingerprint density at radius 3 is 2.94 bits per heavy atom. The molecule has 0 fully saturated rings. The first-order valence-electron chi connectivity index (χ1n) is 5.74. The van der Waals surface area contributed by atoms with E-state index in [-0.39, 0.29) is 11.6 Å². The standard InChI is InChI=1S/C12H15N3O2S/c1-3-9(7-18-2)15-11-6-8(12(16)17)4-5-10(11)13-14-15/h4-6,9H,3,7H2,1-2H3,(H,16,17). The van der Waals surface area contributed by atoms with Crippen molar-refractivity contribution in [2.24, 2.45) is 0 Å². The number of nitrogens with zero attached hydrogens (tertiary/aromatic N) is 3. The Morgan fingerprint density at radius 1 is 1.56 bits per heavy atom. The monoisotopic (exact) mass is 265 g/mol. The molecule has 0 saturated heterocycles. The van der Waals surface area contributed by atoms with Gasteiger partial charge >= 0.3 is 5.97 Å². The second-order valence-electron chi connectivity index (χ2n) is 4.06. The highest BCUT2D eigenvalue weighted by Crippen LogP contribution is 2.22. The predicted octanol–water partition coefficient (Wildman–Crippen LogP) is 2.44. The normalized spacial score (nSPS) is 12.8. The third-order valence-corrected chi connectivity index (χ3v) is 3.61. The maximum Gasteiger partial charge on any atom is 0.335 e. The van der Waals surface area contributed by atoms with Gasteiger partial charge in [-0.3, -0.25) is 0 Å². The number of carboxylic acids is 1. The largest absolute Gasteiger partial charge is 0.478 e. The minimum atomic E-state index is -0.928. The summed E-state index contributed by atoms with van der Waals surface area (Å²) in [6, 6.07) is 5.14. The van der Waals surface area contributed by atoms with Crippen LogP contribution in [0.15, 0.2) is 18.2 Å². The van der Waals surface area contributed by atoms with E-state index in [1.807, 2.05) is 10.9 Å². The highest BCUT2D eigenvalue weighted by Gasteiger charge is 2.15. The van der Waals surface area contributed by atoms with Crippen LogP contribution in [0.2, 0.25) is 0 Å². The lowest BCUT2D eigenvalue weighted by molar-refractivity contribution is 0.0697. The number of hydrogen-bond acceptors (Lipinski definition) is 4. The molecule has 0 aliphatic carbocycles. The molecular formula is C12H15N3O2S. The summed E-state index contributed by atoms with van der Waals surface area (Å²) in [6.07, 6.45) is 2.99. The maximum atomic E-state index is 11.0. The summed E-state index contributed by atoms with van der Waals surface area (Å²) < 4.78 is 1.83. The number of thioether (sulfide) groups is 1. The second-order valence-corrected chi connectivity index (χ2v) is 4.97. The fourth-order valence-corrected chi connectivity index (χ4v) is 2.65. The summed E-state index contributed by atoms with van der Waals surface area (Å²) in [7, 11) is 0. The van der Waals surface area contributed by atoms with Gasteiger partial charge in [0.15, 0.2) is 0 Å². The number of hydrogen-bond donors (Lipinski definition) is 1. The van der Waals surface area contributed by atoms with Crippen LogP contribution in [0.25, 0.3) is 11.0 Å². The van der Waals surface area contributed by atoms with E-state index in [0.717, 1.165) is 23.2 Å². The summed E-state index contributed by atoms with van der Waals surface area (Å²) in [5, 5.41) is 17.2. The van der Waals surface area contributed by atoms with Crippen molar-refractivity contribution in [1.82, 2.24) is 15.0 Å². The Hall–Kier alpha value is -1.56. The summed E-state index contributed by atoms with van der Waals surface area (Å²) in [4.78, 5) is 11.0. The molecule has 1 N–H and O–H groups in total. The van der Waals surface area contributed by atoms with Gasteiger partial charge in [-0.15, -0.1) is 5.10 Å². The molecule has 2 rings (SSSR count). The third-order valence-electron chi connectivity index (χ3n) is 2.89. The molecule has 96 valence electrons. The van der Waals surface area contributed by atoms with Crippen LogP contribution in [0.4, 0.5) is 0 Å². The van der Waals surface area contributed by atoms with Gasteiger partial charge in [0.25, 0.3) is 0 Å². The average molecular weight is 265 g/mol. The lowest BCUT2D eigenvalue weighted by Crippen LogP contribution is -2.12. The van der Waals surface area contributed by atoms with Gasteiger partial charge in [0.05, 0.1) is 17.1 Å². The molecule has 0 radical (unpaired) electrons. The van der Waals surface area contributed by atoms with Crippen LogP contribution in [0, 0.1) is 0 Å². The first-order chi connectivity index (χ1) is 8.67. The van der Waals surface area contributed by atoms with E-state index < -0.39 is 5.97 Å². The predicted molar refractivity (Wildman–Crippen MR) is 72.2 cm³/mol. The van der Waals surface area contributed by atoms with Crippen LogP contribution in [-0.4, -0.2) is 38.1 Å². The van der Waals surface area contributed by atoms with Crippen molar-refractivity contribution in [1.29, 1.82) is 0 Å². The fourth-order valence-electron chi connectivity index (χ4n) is 1.89. The first kappa shape index (κ1) is 12.9. The van der Waals surface area contributed by atoms with Crippen LogP contribution in [0.5, 0.6) is 0 Å². The Morgan fingerprint density at radius 2 is 2.33 bits per heavy atom. The quantitative estimate of drug-likeness (QED) is 0.899. The topological polar surface area (TPSA) is 68.0 Å². The smallest absolute Gasteiger partial charge is 0.335 e. The molecule has 18 heavy (non-hydrogen) atoms. The van der Waals surface area contributed by atoms with Gasteiger partial charge in [-0.1, -0.05) is 12.1 Å². The Bertz CT molecular complexity index is 567. The molecule has 0 aliphatic heterocycles. The molecule has 0 amide bonds. The van der Waals surface area contributed by atoms with Gasteiger partial charge in [0, 0.05) is 5.75 Å². The van der Waals surface area contributed by atoms with E-state index in [9.17, 15) is 4.79 Å². The van der Waals surface area contributed by atoms with E-state index in [1.54, 1.807) is 30.0 Å². The van der Waals surface area contributed by atoms with E-state index in [2.05, 4.69) is 17.2 Å². The number of carboxylic acid groups (broad SMARTS) is 1. The van der Waals surface area contributed by atoms with Gasteiger partial charge in [0.2, 0.25) is 0 Å². The Labute approximate surface area is 109 Å². The van der Waals surface area contributed by atoms with E-state index in [4.69, 9.17) is 5.11 Å². The molecule has 6 heteroatoms. The number of benzene rings is 1. The second kappa shape index (κ2) is 5.39. The van der Waals surface area contributed by atoms with Gasteiger partial charge in [0.1, 0.15) is 5.52 Å². The Balaban J connectivity index is 2.50. The number of carbonyl (C=O) groups is 1. The lowest BCUT2D eigenvalue weighted by Gasteiger charge is -2.14. The maximum absolute atomic E-state index is 11.0. The van der Waals surface area contributed by atoms with E-state index >= 15 is 0 Å². The number of aromatic nitrogens is 3. The fraction of sp³-hybridized carbons (Fsp3) is 0.417. The molecule has 0 bridgehead atoms. The molecule has 1 aromatic carbocycles. The summed E-state index contributed by atoms with van der Waals surface area (Å²) >= 11 is 1.75. The molecule has 5 nitrogen and oxygen atoms in total. The van der Waals surface area contributed by atoms with Gasteiger partial charge < -0.3 is 5.11 Å². The summed E-state index contributed by atoms with van der Waals surface area (Å²) in [6.45, 7) is 2.09. The number of fused-ring (bicyclic) bond motifs is 1. The van der Waals surface area contributed by atoms with Crippen molar-refractivity contribution in [2.45, 2.75) is 19.4 Å². The van der Waals surface area contributed by atoms with E-state index in [0.29, 0.717) is 0 Å².